The number of ether oxygens (including phenoxy) is 1. The van der Waals surface area contributed by atoms with Gasteiger partial charge in [-0.15, -0.1) is 0 Å². The van der Waals surface area contributed by atoms with Gasteiger partial charge >= 0.3 is 5.97 Å². The van der Waals surface area contributed by atoms with Gasteiger partial charge in [0.25, 0.3) is 5.56 Å². The SMILES string of the molecule is CC(OC(=O)c1ccccc1Cc1ccccc1)c1nc2ccccc2c(=O)[nH]1. The smallest absolute Gasteiger partial charge is 0.339 e. The molecule has 5 nitrogen and oxygen atoms in total. The van der Waals surface area contributed by atoms with E-state index in [1.807, 2.05) is 54.6 Å². The molecule has 144 valence electrons. The Bertz CT molecular complexity index is 1220. The van der Waals surface area contributed by atoms with E-state index in [-0.39, 0.29) is 5.56 Å². The van der Waals surface area contributed by atoms with Crippen LogP contribution in [0.1, 0.15) is 40.3 Å². The first-order valence-corrected chi connectivity index (χ1v) is 9.43. The third-order valence-corrected chi connectivity index (χ3v) is 4.77. The molecular formula is C24H20N2O3. The molecular weight excluding hydrogens is 364 g/mol. The summed E-state index contributed by atoms with van der Waals surface area (Å²) in [6.07, 6.45) is -0.0597. The average Bonchev–Trinajstić information content (AvgIpc) is 2.75. The first-order valence-electron chi connectivity index (χ1n) is 9.43. The third kappa shape index (κ3) is 4.09. The van der Waals surface area contributed by atoms with E-state index in [2.05, 4.69) is 9.97 Å². The molecule has 29 heavy (non-hydrogen) atoms. The fourth-order valence-electron chi connectivity index (χ4n) is 3.27. The van der Waals surface area contributed by atoms with Crippen molar-refractivity contribution in [3.05, 3.63) is 112 Å². The Morgan fingerprint density at radius 1 is 0.966 bits per heavy atom. The Kier molecular flexibility index (Phi) is 5.20. The highest BCUT2D eigenvalue weighted by atomic mass is 16.5. The maximum atomic E-state index is 12.8. The second kappa shape index (κ2) is 8.10. The summed E-state index contributed by atoms with van der Waals surface area (Å²) in [6.45, 7) is 1.70. The van der Waals surface area contributed by atoms with Crippen LogP contribution in [-0.2, 0) is 11.2 Å². The van der Waals surface area contributed by atoms with Crippen LogP contribution in [0.2, 0.25) is 0 Å². The van der Waals surface area contributed by atoms with Crippen molar-refractivity contribution in [2.45, 2.75) is 19.4 Å². The van der Waals surface area contributed by atoms with Crippen LogP contribution in [0, 0.1) is 0 Å². The van der Waals surface area contributed by atoms with Gasteiger partial charge in [-0.3, -0.25) is 4.79 Å². The molecule has 0 radical (unpaired) electrons. The van der Waals surface area contributed by atoms with Crippen LogP contribution in [0.5, 0.6) is 0 Å². The average molecular weight is 384 g/mol. The normalized spacial score (nSPS) is 11.9. The number of H-pyrrole nitrogens is 1. The molecule has 0 saturated carbocycles. The first-order chi connectivity index (χ1) is 14.1. The van der Waals surface area contributed by atoms with Crippen molar-refractivity contribution in [2.24, 2.45) is 0 Å². The van der Waals surface area contributed by atoms with Gasteiger partial charge in [-0.05, 0) is 42.7 Å². The van der Waals surface area contributed by atoms with E-state index in [1.54, 1.807) is 31.2 Å². The lowest BCUT2D eigenvalue weighted by Crippen LogP contribution is -2.18. The minimum absolute atomic E-state index is 0.252. The molecule has 0 aliphatic carbocycles. The van der Waals surface area contributed by atoms with Crippen molar-refractivity contribution in [1.29, 1.82) is 0 Å². The molecule has 3 aromatic carbocycles. The molecule has 0 amide bonds. The summed E-state index contributed by atoms with van der Waals surface area (Å²) >= 11 is 0. The summed E-state index contributed by atoms with van der Waals surface area (Å²) in [4.78, 5) is 32.3. The van der Waals surface area contributed by atoms with Gasteiger partial charge in [0.15, 0.2) is 11.9 Å². The Morgan fingerprint density at radius 3 is 2.48 bits per heavy atom. The zero-order valence-electron chi connectivity index (χ0n) is 16.0. The molecule has 4 aromatic rings. The molecule has 0 bridgehead atoms. The zero-order chi connectivity index (χ0) is 20.2. The number of aromatic amines is 1. The quantitative estimate of drug-likeness (QED) is 0.517. The number of nitrogens with zero attached hydrogens (tertiary/aromatic N) is 1. The van der Waals surface area contributed by atoms with E-state index >= 15 is 0 Å². The van der Waals surface area contributed by atoms with Crippen molar-refractivity contribution in [3.63, 3.8) is 0 Å². The summed E-state index contributed by atoms with van der Waals surface area (Å²) in [7, 11) is 0. The highest BCUT2D eigenvalue weighted by Crippen LogP contribution is 2.20. The molecule has 0 aliphatic heterocycles. The minimum Gasteiger partial charge on any atom is -0.451 e. The van der Waals surface area contributed by atoms with Gasteiger partial charge in [0.1, 0.15) is 0 Å². The van der Waals surface area contributed by atoms with E-state index < -0.39 is 12.1 Å². The summed E-state index contributed by atoms with van der Waals surface area (Å²) in [5.74, 6) is -0.123. The fourth-order valence-corrected chi connectivity index (χ4v) is 3.27. The predicted molar refractivity (Wildman–Crippen MR) is 112 cm³/mol. The molecule has 0 aliphatic rings. The number of carbonyl (C=O) groups excluding carboxylic acids is 1. The van der Waals surface area contributed by atoms with Crippen molar-refractivity contribution in [2.75, 3.05) is 0 Å². The predicted octanol–water partition coefficient (Wildman–Crippen LogP) is 4.43. The van der Waals surface area contributed by atoms with E-state index in [0.717, 1.165) is 11.1 Å². The van der Waals surface area contributed by atoms with Crippen LogP contribution in [0.15, 0.2) is 83.7 Å². The summed E-state index contributed by atoms with van der Waals surface area (Å²) in [5.41, 5.74) is 2.82. The van der Waals surface area contributed by atoms with Crippen LogP contribution in [-0.4, -0.2) is 15.9 Å². The molecule has 0 saturated heterocycles. The van der Waals surface area contributed by atoms with Gasteiger partial charge in [0.2, 0.25) is 0 Å². The Hall–Kier alpha value is -3.73. The van der Waals surface area contributed by atoms with Gasteiger partial charge in [-0.25, -0.2) is 9.78 Å². The maximum Gasteiger partial charge on any atom is 0.339 e. The van der Waals surface area contributed by atoms with Crippen molar-refractivity contribution < 1.29 is 9.53 Å². The van der Waals surface area contributed by atoms with Crippen LogP contribution >= 0.6 is 0 Å². The lowest BCUT2D eigenvalue weighted by Gasteiger charge is -2.15. The third-order valence-electron chi connectivity index (χ3n) is 4.77. The summed E-state index contributed by atoms with van der Waals surface area (Å²) in [6, 6.07) is 24.4. The molecule has 0 fully saturated rings. The van der Waals surface area contributed by atoms with E-state index in [9.17, 15) is 9.59 Å². The van der Waals surface area contributed by atoms with Crippen molar-refractivity contribution >= 4 is 16.9 Å². The number of hydrogen-bond donors (Lipinski definition) is 1. The van der Waals surface area contributed by atoms with Crippen LogP contribution in [0.25, 0.3) is 10.9 Å². The molecule has 4 rings (SSSR count). The summed E-state index contributed by atoms with van der Waals surface area (Å²) < 4.78 is 5.63. The highest BCUT2D eigenvalue weighted by molar-refractivity contribution is 5.91. The number of benzene rings is 3. The zero-order valence-corrected chi connectivity index (χ0v) is 16.0. The second-order valence-electron chi connectivity index (χ2n) is 6.84. The second-order valence-corrected chi connectivity index (χ2v) is 6.84. The molecule has 1 unspecified atom stereocenters. The lowest BCUT2D eigenvalue weighted by atomic mass is 10.00. The van der Waals surface area contributed by atoms with Crippen molar-refractivity contribution in [1.82, 2.24) is 9.97 Å². The Balaban J connectivity index is 1.58. The maximum absolute atomic E-state index is 12.8. The van der Waals surface area contributed by atoms with Gasteiger partial charge in [0.05, 0.1) is 16.5 Å². The lowest BCUT2D eigenvalue weighted by molar-refractivity contribution is 0.0319. The number of carbonyl (C=O) groups is 1. The number of nitrogens with one attached hydrogen (secondary N) is 1. The molecule has 1 N–H and O–H groups in total. The number of hydrogen-bond acceptors (Lipinski definition) is 4. The molecule has 1 heterocycles. The topological polar surface area (TPSA) is 72.0 Å². The number of esters is 1. The van der Waals surface area contributed by atoms with Crippen LogP contribution < -0.4 is 5.56 Å². The first kappa shape index (κ1) is 18.6. The Labute approximate surface area is 168 Å². The van der Waals surface area contributed by atoms with Gasteiger partial charge < -0.3 is 9.72 Å². The standard InChI is InChI=1S/C24H20N2O3/c1-16(22-25-21-14-8-7-13-20(21)23(27)26-22)29-24(28)19-12-6-5-11-18(19)15-17-9-3-2-4-10-17/h2-14,16H,15H2,1H3,(H,25,26,27). The number of para-hydroxylation sites is 1. The molecule has 1 aromatic heterocycles. The van der Waals surface area contributed by atoms with E-state index in [1.165, 1.54) is 0 Å². The highest BCUT2D eigenvalue weighted by Gasteiger charge is 2.19. The largest absolute Gasteiger partial charge is 0.451 e. The summed E-state index contributed by atoms with van der Waals surface area (Å²) in [5, 5.41) is 0.503. The number of aromatic nitrogens is 2. The van der Waals surface area contributed by atoms with E-state index in [0.29, 0.717) is 28.7 Å². The number of rotatable bonds is 5. The monoisotopic (exact) mass is 384 g/mol. The molecule has 5 heteroatoms. The fraction of sp³-hybridized carbons (Fsp3) is 0.125. The number of fused-ring (bicyclic) bond motifs is 1. The van der Waals surface area contributed by atoms with Crippen LogP contribution in [0.3, 0.4) is 0 Å². The molecule has 1 atom stereocenters. The van der Waals surface area contributed by atoms with Gasteiger partial charge in [-0.1, -0.05) is 60.7 Å². The van der Waals surface area contributed by atoms with Gasteiger partial charge in [-0.2, -0.15) is 0 Å². The Morgan fingerprint density at radius 2 is 1.66 bits per heavy atom. The van der Waals surface area contributed by atoms with Crippen LogP contribution in [0.4, 0.5) is 0 Å². The minimum atomic E-state index is -0.690. The molecule has 0 spiro atoms. The van der Waals surface area contributed by atoms with E-state index in [4.69, 9.17) is 4.74 Å². The van der Waals surface area contributed by atoms with Crippen molar-refractivity contribution in [3.8, 4) is 0 Å². The van der Waals surface area contributed by atoms with Gasteiger partial charge in [0, 0.05) is 0 Å².